The van der Waals surface area contributed by atoms with E-state index < -0.39 is 0 Å². The van der Waals surface area contributed by atoms with Gasteiger partial charge in [0.05, 0.1) is 11.4 Å². The van der Waals surface area contributed by atoms with Crippen molar-refractivity contribution in [3.8, 4) is 33.4 Å². The lowest BCUT2D eigenvalue weighted by Gasteiger charge is -2.19. The largest absolute Gasteiger partial charge is 0.397 e. The lowest BCUT2D eigenvalue weighted by molar-refractivity contribution is 1.15. The van der Waals surface area contributed by atoms with Crippen molar-refractivity contribution in [3.63, 3.8) is 0 Å². The highest BCUT2D eigenvalue weighted by Crippen LogP contribution is 2.46. The third-order valence-electron chi connectivity index (χ3n) is 9.50. The van der Waals surface area contributed by atoms with E-state index in [0.29, 0.717) is 5.70 Å². The molecule has 0 amide bonds. The third kappa shape index (κ3) is 4.90. The predicted molar refractivity (Wildman–Crippen MR) is 203 cm³/mol. The maximum atomic E-state index is 6.36. The number of aromatic nitrogens is 1. The summed E-state index contributed by atoms with van der Waals surface area (Å²) >= 11 is 0. The van der Waals surface area contributed by atoms with Crippen molar-refractivity contribution in [1.82, 2.24) is 4.98 Å². The molecule has 0 aliphatic heterocycles. The van der Waals surface area contributed by atoms with Crippen LogP contribution in [0.2, 0.25) is 0 Å². The lowest BCUT2D eigenvalue weighted by atomic mass is 9.84. The number of fused-ring (bicyclic) bond motifs is 4. The second kappa shape index (κ2) is 11.8. The Morgan fingerprint density at radius 2 is 1.19 bits per heavy atom. The van der Waals surface area contributed by atoms with Gasteiger partial charge < -0.3 is 10.7 Å². The van der Waals surface area contributed by atoms with Gasteiger partial charge in [0.15, 0.2) is 0 Å². The van der Waals surface area contributed by atoms with E-state index in [1.165, 1.54) is 76.5 Å². The van der Waals surface area contributed by atoms with Gasteiger partial charge in [-0.25, -0.2) is 0 Å². The van der Waals surface area contributed by atoms with E-state index in [4.69, 9.17) is 5.73 Å². The number of allylic oxidation sites excluding steroid dienone is 3. The van der Waals surface area contributed by atoms with E-state index in [2.05, 4.69) is 145 Å². The van der Waals surface area contributed by atoms with Gasteiger partial charge in [-0.15, -0.1) is 0 Å². The molecular formula is C45H36N2. The number of nitrogens with two attached hydrogens (primary N) is 1. The van der Waals surface area contributed by atoms with Crippen LogP contribution in [0.5, 0.6) is 0 Å². The Balaban J connectivity index is 1.36. The minimum absolute atomic E-state index is 0.713. The van der Waals surface area contributed by atoms with E-state index in [-0.39, 0.29) is 0 Å². The molecule has 226 valence electrons. The first-order valence-electron chi connectivity index (χ1n) is 16.4. The molecule has 1 aromatic heterocycles. The van der Waals surface area contributed by atoms with Crippen molar-refractivity contribution in [2.75, 3.05) is 0 Å². The van der Waals surface area contributed by atoms with Gasteiger partial charge in [-0.2, -0.15) is 0 Å². The Kier molecular flexibility index (Phi) is 7.19. The molecule has 0 radical (unpaired) electrons. The third-order valence-corrected chi connectivity index (χ3v) is 9.50. The summed E-state index contributed by atoms with van der Waals surface area (Å²) in [6.07, 6.45) is 8.96. The normalized spacial score (nSPS) is 12.3. The van der Waals surface area contributed by atoms with Gasteiger partial charge in [-0.3, -0.25) is 0 Å². The second-order valence-electron chi connectivity index (χ2n) is 12.2. The van der Waals surface area contributed by atoms with E-state index in [1.54, 1.807) is 0 Å². The SMILES string of the molecule is C/C=C\C=C(/N)c1cc(-c2cccc3c(-c4c5ccccc5c(-c5ccc6cc(CC)ccc6c5)c5ccccc45)cccc23)c[nH]1. The van der Waals surface area contributed by atoms with Gasteiger partial charge in [0.25, 0.3) is 0 Å². The number of hydrogen-bond donors (Lipinski definition) is 2. The number of rotatable bonds is 6. The molecule has 8 rings (SSSR count). The van der Waals surface area contributed by atoms with Crippen molar-refractivity contribution in [3.05, 3.63) is 163 Å². The molecule has 0 saturated carbocycles. The number of benzene rings is 7. The second-order valence-corrected chi connectivity index (χ2v) is 12.2. The monoisotopic (exact) mass is 604 g/mol. The maximum Gasteiger partial charge on any atom is 0.0620 e. The van der Waals surface area contributed by atoms with Crippen LogP contribution in [-0.4, -0.2) is 4.98 Å². The van der Waals surface area contributed by atoms with Crippen LogP contribution < -0.4 is 5.73 Å². The van der Waals surface area contributed by atoms with Crippen LogP contribution in [0.3, 0.4) is 0 Å². The summed E-state index contributed by atoms with van der Waals surface area (Å²) < 4.78 is 0. The van der Waals surface area contributed by atoms with Gasteiger partial charge in [-0.1, -0.05) is 134 Å². The molecule has 7 aromatic carbocycles. The summed E-state index contributed by atoms with van der Waals surface area (Å²) in [6, 6.07) is 47.1. The highest BCUT2D eigenvalue weighted by Gasteiger charge is 2.19. The minimum atomic E-state index is 0.713. The van der Waals surface area contributed by atoms with Gasteiger partial charge in [0, 0.05) is 11.8 Å². The van der Waals surface area contributed by atoms with E-state index in [1.807, 2.05) is 25.2 Å². The Labute approximate surface area is 275 Å². The standard InChI is InChI=1S/C45H36N2/c1-3-5-20-42(46)43-27-33(28-47-43)34-16-10-18-36-35(34)17-11-19-37(36)45-40-14-8-6-12-38(40)44(39-13-7-9-15-41(39)45)32-24-23-30-25-29(4-2)21-22-31(30)26-32/h3,5-28,47H,4,46H2,1-2H3/b5-3-,42-20-. The smallest absolute Gasteiger partial charge is 0.0620 e. The molecule has 2 heteroatoms. The number of aryl methyl sites for hydroxylation is 1. The number of H-pyrrole nitrogens is 1. The van der Waals surface area contributed by atoms with Crippen molar-refractivity contribution < 1.29 is 0 Å². The fourth-order valence-electron chi connectivity index (χ4n) is 7.19. The molecule has 0 atom stereocenters. The average Bonchev–Trinajstić information content (AvgIpc) is 3.62. The molecular weight excluding hydrogens is 569 g/mol. The fourth-order valence-corrected chi connectivity index (χ4v) is 7.19. The van der Waals surface area contributed by atoms with Gasteiger partial charge >= 0.3 is 0 Å². The minimum Gasteiger partial charge on any atom is -0.397 e. The van der Waals surface area contributed by atoms with E-state index >= 15 is 0 Å². The molecule has 3 N–H and O–H groups in total. The van der Waals surface area contributed by atoms with Crippen LogP contribution in [0.1, 0.15) is 25.1 Å². The van der Waals surface area contributed by atoms with Crippen molar-refractivity contribution in [2.45, 2.75) is 20.3 Å². The van der Waals surface area contributed by atoms with Crippen molar-refractivity contribution in [2.24, 2.45) is 5.73 Å². The van der Waals surface area contributed by atoms with Crippen LogP contribution in [0, 0.1) is 0 Å². The highest BCUT2D eigenvalue weighted by atomic mass is 14.7. The summed E-state index contributed by atoms with van der Waals surface area (Å²) in [5.74, 6) is 0. The molecule has 2 nitrogen and oxygen atoms in total. The van der Waals surface area contributed by atoms with Crippen LogP contribution in [-0.2, 0) is 6.42 Å². The zero-order valence-electron chi connectivity index (χ0n) is 26.7. The average molecular weight is 605 g/mol. The molecule has 0 fully saturated rings. The fraction of sp³-hybridized carbons (Fsp3) is 0.0667. The molecule has 0 aliphatic carbocycles. The molecule has 8 aromatic rings. The van der Waals surface area contributed by atoms with Gasteiger partial charge in [0.2, 0.25) is 0 Å². The molecule has 0 aliphatic rings. The molecule has 0 unspecified atom stereocenters. The summed E-state index contributed by atoms with van der Waals surface area (Å²) in [5.41, 5.74) is 16.7. The highest BCUT2D eigenvalue weighted by molar-refractivity contribution is 6.24. The summed E-state index contributed by atoms with van der Waals surface area (Å²) in [5, 5.41) is 10.0. The first-order chi connectivity index (χ1) is 23.1. The van der Waals surface area contributed by atoms with Crippen LogP contribution in [0.15, 0.2) is 152 Å². The first-order valence-corrected chi connectivity index (χ1v) is 16.4. The molecule has 1 heterocycles. The topological polar surface area (TPSA) is 41.8 Å². The zero-order chi connectivity index (χ0) is 31.9. The molecule has 0 spiro atoms. The maximum absolute atomic E-state index is 6.36. The van der Waals surface area contributed by atoms with Crippen LogP contribution in [0.4, 0.5) is 0 Å². The van der Waals surface area contributed by atoms with Crippen molar-refractivity contribution >= 4 is 48.8 Å². The quantitative estimate of drug-likeness (QED) is 0.144. The Morgan fingerprint density at radius 1 is 0.596 bits per heavy atom. The summed E-state index contributed by atoms with van der Waals surface area (Å²) in [7, 11) is 0. The number of nitrogens with one attached hydrogen (secondary N) is 1. The van der Waals surface area contributed by atoms with Crippen LogP contribution >= 0.6 is 0 Å². The first kappa shape index (κ1) is 28.6. The number of hydrogen-bond acceptors (Lipinski definition) is 1. The summed E-state index contributed by atoms with van der Waals surface area (Å²) in [6.45, 7) is 4.20. The number of aromatic amines is 1. The summed E-state index contributed by atoms with van der Waals surface area (Å²) in [4.78, 5) is 3.38. The van der Waals surface area contributed by atoms with Crippen molar-refractivity contribution in [1.29, 1.82) is 0 Å². The predicted octanol–water partition coefficient (Wildman–Crippen LogP) is 12.1. The van der Waals surface area contributed by atoms with E-state index in [0.717, 1.165) is 17.7 Å². The Morgan fingerprint density at radius 3 is 1.87 bits per heavy atom. The molecule has 47 heavy (non-hydrogen) atoms. The lowest BCUT2D eigenvalue weighted by Crippen LogP contribution is -1.95. The molecule has 0 saturated heterocycles. The van der Waals surface area contributed by atoms with Crippen LogP contribution in [0.25, 0.3) is 82.2 Å². The van der Waals surface area contributed by atoms with E-state index in [9.17, 15) is 0 Å². The Bertz CT molecular complexity index is 2470. The zero-order valence-corrected chi connectivity index (χ0v) is 26.7. The van der Waals surface area contributed by atoms with Gasteiger partial charge in [0.1, 0.15) is 0 Å². The Hall–Kier alpha value is -5.86. The molecule has 0 bridgehead atoms. The van der Waals surface area contributed by atoms with Gasteiger partial charge in [-0.05, 0) is 108 Å².